The zero-order valence-electron chi connectivity index (χ0n) is 7.16. The summed E-state index contributed by atoms with van der Waals surface area (Å²) < 4.78 is 4.18. The van der Waals surface area contributed by atoms with Gasteiger partial charge in [-0.15, -0.1) is 0 Å². The Balaban J connectivity index is 0.000000720. The highest BCUT2D eigenvalue weighted by molar-refractivity contribution is 5.77. The molecule has 0 radical (unpaired) electrons. The van der Waals surface area contributed by atoms with Crippen LogP contribution in [0.1, 0.15) is 0 Å². The summed E-state index contributed by atoms with van der Waals surface area (Å²) in [5.74, 6) is 0. The van der Waals surface area contributed by atoms with E-state index in [2.05, 4.69) is 46.9 Å². The van der Waals surface area contributed by atoms with Gasteiger partial charge in [0, 0.05) is 19.3 Å². The summed E-state index contributed by atoms with van der Waals surface area (Å²) in [6.45, 7) is 0. The first-order chi connectivity index (χ1) is 5.27. The third-order valence-corrected chi connectivity index (χ3v) is 1.96. The van der Waals surface area contributed by atoms with Crippen molar-refractivity contribution in [1.29, 1.82) is 0 Å². The number of rotatable bonds is 0. The molecule has 0 fully saturated rings. The van der Waals surface area contributed by atoms with Crippen LogP contribution in [0, 0.1) is 0 Å². The highest BCUT2D eigenvalue weighted by Gasteiger charge is 2.00. The van der Waals surface area contributed by atoms with E-state index >= 15 is 0 Å². The molecule has 0 aromatic carbocycles. The van der Waals surface area contributed by atoms with Crippen LogP contribution in [0.5, 0.6) is 0 Å². The second kappa shape index (κ2) is 3.43. The van der Waals surface area contributed by atoms with Crippen LogP contribution in [0.15, 0.2) is 30.7 Å². The standard InChI is InChI=1S/C9H11N2.HI/c1-10-5-4-9-8(7-10)3-6-11(9)2;/h3-7H,1-2H3;1H/q+1;/p-1. The van der Waals surface area contributed by atoms with Crippen LogP contribution in [0.3, 0.4) is 0 Å². The summed E-state index contributed by atoms with van der Waals surface area (Å²) in [7, 11) is 4.09. The van der Waals surface area contributed by atoms with Gasteiger partial charge in [-0.1, -0.05) is 0 Å². The maximum atomic E-state index is 2.12. The summed E-state index contributed by atoms with van der Waals surface area (Å²) in [5.41, 5.74) is 1.28. The number of nitrogens with zero attached hydrogens (tertiary/aromatic N) is 2. The minimum atomic E-state index is 0. The van der Waals surface area contributed by atoms with E-state index in [0.29, 0.717) is 0 Å². The molecule has 2 aromatic rings. The fourth-order valence-electron chi connectivity index (χ4n) is 1.33. The van der Waals surface area contributed by atoms with Crippen molar-refractivity contribution >= 4 is 10.9 Å². The Bertz CT molecular complexity index is 392. The van der Waals surface area contributed by atoms with Crippen LogP contribution in [0.4, 0.5) is 0 Å². The highest BCUT2D eigenvalue weighted by atomic mass is 127. The molecule has 0 aliphatic carbocycles. The van der Waals surface area contributed by atoms with E-state index in [9.17, 15) is 0 Å². The van der Waals surface area contributed by atoms with Gasteiger partial charge in [0.2, 0.25) is 0 Å². The molecule has 0 N–H and O–H groups in total. The van der Waals surface area contributed by atoms with Crippen molar-refractivity contribution in [3.63, 3.8) is 0 Å². The van der Waals surface area contributed by atoms with Crippen LogP contribution >= 0.6 is 0 Å². The highest BCUT2D eigenvalue weighted by Crippen LogP contribution is 2.10. The quantitative estimate of drug-likeness (QED) is 0.388. The molecular formula is C9H11IN2. The van der Waals surface area contributed by atoms with E-state index in [0.717, 1.165) is 0 Å². The number of aryl methyl sites for hydroxylation is 2. The third-order valence-electron chi connectivity index (χ3n) is 1.96. The van der Waals surface area contributed by atoms with Crippen LogP contribution in [0.2, 0.25) is 0 Å². The third kappa shape index (κ3) is 1.46. The monoisotopic (exact) mass is 274 g/mol. The van der Waals surface area contributed by atoms with Gasteiger partial charge in [-0.05, 0) is 6.07 Å². The number of hydrogen-bond acceptors (Lipinski definition) is 0. The average molecular weight is 274 g/mol. The van der Waals surface area contributed by atoms with E-state index in [-0.39, 0.29) is 24.0 Å². The Kier molecular flexibility index (Phi) is 2.72. The molecule has 64 valence electrons. The molecule has 0 atom stereocenters. The topological polar surface area (TPSA) is 8.81 Å². The molecular weight excluding hydrogens is 263 g/mol. The number of aromatic nitrogens is 2. The molecule has 0 unspecified atom stereocenters. The zero-order chi connectivity index (χ0) is 7.84. The molecule has 3 heteroatoms. The molecule has 2 nitrogen and oxygen atoms in total. The molecule has 2 aromatic heterocycles. The van der Waals surface area contributed by atoms with Gasteiger partial charge in [0.15, 0.2) is 12.4 Å². The van der Waals surface area contributed by atoms with Gasteiger partial charge in [0.05, 0.1) is 10.9 Å². The molecule has 0 saturated heterocycles. The molecule has 2 heterocycles. The fraction of sp³-hybridized carbons (Fsp3) is 0.222. The minimum absolute atomic E-state index is 0. The number of hydrogen-bond donors (Lipinski definition) is 0. The van der Waals surface area contributed by atoms with E-state index in [1.165, 1.54) is 10.9 Å². The van der Waals surface area contributed by atoms with Crippen molar-refractivity contribution in [3.8, 4) is 0 Å². The summed E-state index contributed by atoms with van der Waals surface area (Å²) in [6.07, 6.45) is 6.25. The Morgan fingerprint density at radius 2 is 2.08 bits per heavy atom. The summed E-state index contributed by atoms with van der Waals surface area (Å²) in [4.78, 5) is 0. The zero-order valence-corrected chi connectivity index (χ0v) is 9.32. The van der Waals surface area contributed by atoms with Gasteiger partial charge in [-0.3, -0.25) is 0 Å². The summed E-state index contributed by atoms with van der Waals surface area (Å²) >= 11 is 0. The van der Waals surface area contributed by atoms with Crippen molar-refractivity contribution in [2.75, 3.05) is 0 Å². The lowest BCUT2D eigenvalue weighted by Crippen LogP contribution is -3.00. The molecule has 0 aliphatic heterocycles. The second-order valence-corrected chi connectivity index (χ2v) is 2.88. The molecule has 0 spiro atoms. The Morgan fingerprint density at radius 3 is 2.83 bits per heavy atom. The molecule has 0 amide bonds. The Hall–Kier alpha value is -0.580. The Labute approximate surface area is 88.8 Å². The van der Waals surface area contributed by atoms with Gasteiger partial charge < -0.3 is 28.5 Å². The first kappa shape index (κ1) is 9.51. The summed E-state index contributed by atoms with van der Waals surface area (Å²) in [6, 6.07) is 4.24. The minimum Gasteiger partial charge on any atom is -1.00 e. The van der Waals surface area contributed by atoms with Crippen LogP contribution in [-0.4, -0.2) is 4.57 Å². The first-order valence-corrected chi connectivity index (χ1v) is 3.68. The number of halogens is 1. The van der Waals surface area contributed by atoms with Crippen molar-refractivity contribution in [3.05, 3.63) is 30.7 Å². The SMILES string of the molecule is Cn1ccc2c[n+](C)ccc21.[I-]. The average Bonchev–Trinajstić information content (AvgIpc) is 2.32. The van der Waals surface area contributed by atoms with Crippen molar-refractivity contribution in [1.82, 2.24) is 4.57 Å². The van der Waals surface area contributed by atoms with Crippen molar-refractivity contribution < 1.29 is 28.5 Å². The smallest absolute Gasteiger partial charge is 0.177 e. The molecule has 2 rings (SSSR count). The van der Waals surface area contributed by atoms with E-state index in [4.69, 9.17) is 0 Å². The van der Waals surface area contributed by atoms with Crippen LogP contribution in [0.25, 0.3) is 10.9 Å². The molecule has 0 aliphatic rings. The predicted octanol–water partition coefficient (Wildman–Crippen LogP) is -1.99. The van der Waals surface area contributed by atoms with Gasteiger partial charge in [-0.25, -0.2) is 4.57 Å². The lowest BCUT2D eigenvalue weighted by molar-refractivity contribution is -0.670. The predicted molar refractivity (Wildman–Crippen MR) is 44.1 cm³/mol. The molecule has 0 saturated carbocycles. The number of fused-ring (bicyclic) bond motifs is 1. The maximum absolute atomic E-state index is 2.12. The fourth-order valence-corrected chi connectivity index (χ4v) is 1.33. The van der Waals surface area contributed by atoms with Crippen LogP contribution < -0.4 is 28.5 Å². The lowest BCUT2D eigenvalue weighted by Gasteiger charge is -1.92. The van der Waals surface area contributed by atoms with Crippen molar-refractivity contribution in [2.45, 2.75) is 0 Å². The second-order valence-electron chi connectivity index (χ2n) is 2.88. The van der Waals surface area contributed by atoms with Crippen LogP contribution in [-0.2, 0) is 14.1 Å². The largest absolute Gasteiger partial charge is 1.00 e. The Morgan fingerprint density at radius 1 is 1.33 bits per heavy atom. The maximum Gasteiger partial charge on any atom is 0.177 e. The van der Waals surface area contributed by atoms with Gasteiger partial charge in [0.1, 0.15) is 7.05 Å². The number of pyridine rings is 1. The normalized spacial score (nSPS) is 9.83. The van der Waals surface area contributed by atoms with Gasteiger partial charge >= 0.3 is 0 Å². The molecule has 0 bridgehead atoms. The first-order valence-electron chi connectivity index (χ1n) is 3.68. The van der Waals surface area contributed by atoms with Gasteiger partial charge in [0.25, 0.3) is 0 Å². The van der Waals surface area contributed by atoms with E-state index in [1.807, 2.05) is 7.05 Å². The lowest BCUT2D eigenvalue weighted by atomic mass is 10.3. The molecule has 12 heavy (non-hydrogen) atoms. The van der Waals surface area contributed by atoms with Gasteiger partial charge in [-0.2, -0.15) is 0 Å². The summed E-state index contributed by atoms with van der Waals surface area (Å²) in [5, 5.41) is 1.29. The van der Waals surface area contributed by atoms with E-state index in [1.54, 1.807) is 0 Å². The van der Waals surface area contributed by atoms with Crippen molar-refractivity contribution in [2.24, 2.45) is 14.1 Å². The van der Waals surface area contributed by atoms with E-state index < -0.39 is 0 Å².